The highest BCUT2D eigenvalue weighted by molar-refractivity contribution is 7.99. The van der Waals surface area contributed by atoms with E-state index in [9.17, 15) is 18.0 Å². The Balaban J connectivity index is 1.90. The highest BCUT2D eigenvalue weighted by atomic mass is 35.5. The molecule has 2 rings (SSSR count). The molecule has 0 bridgehead atoms. The summed E-state index contributed by atoms with van der Waals surface area (Å²) in [5.74, 6) is -0.215. The van der Waals surface area contributed by atoms with E-state index in [1.54, 1.807) is 41.1 Å². The topological polar surface area (TPSA) is 92.3 Å². The predicted molar refractivity (Wildman–Crippen MR) is 98.6 cm³/mol. The minimum atomic E-state index is -3.91. The normalized spacial score (nSPS) is 11.0. The van der Waals surface area contributed by atoms with Gasteiger partial charge in [0.05, 0.1) is 4.90 Å². The molecule has 2 aromatic rings. The number of rotatable bonds is 6. The molecule has 0 atom stereocenters. The first-order valence-electron chi connectivity index (χ1n) is 7.16. The van der Waals surface area contributed by atoms with E-state index in [0.29, 0.717) is 23.6 Å². The molecular formula is C16H15ClN2O4S2. The van der Waals surface area contributed by atoms with Crippen LogP contribution in [0, 0.1) is 0 Å². The number of amides is 2. The van der Waals surface area contributed by atoms with Crippen molar-refractivity contribution in [2.75, 3.05) is 6.54 Å². The maximum Gasteiger partial charge on any atom is 0.289 e. The fraction of sp³-hybridized carbons (Fsp3) is 0.125. The van der Waals surface area contributed by atoms with Gasteiger partial charge in [-0.25, -0.2) is 13.1 Å². The summed E-state index contributed by atoms with van der Waals surface area (Å²) in [4.78, 5) is 22.7. The molecule has 0 fully saturated rings. The predicted octanol–water partition coefficient (Wildman–Crippen LogP) is 2.64. The minimum absolute atomic E-state index is 0.0381. The van der Waals surface area contributed by atoms with Crippen LogP contribution in [0.3, 0.4) is 0 Å². The second-order valence-corrected chi connectivity index (χ2v) is 7.59. The number of benzene rings is 2. The summed E-state index contributed by atoms with van der Waals surface area (Å²) in [5, 5.41) is 2.38. The van der Waals surface area contributed by atoms with E-state index in [4.69, 9.17) is 11.6 Å². The van der Waals surface area contributed by atoms with Crippen LogP contribution in [0.1, 0.15) is 15.9 Å². The third-order valence-electron chi connectivity index (χ3n) is 3.26. The maximum absolute atomic E-state index is 12.0. The number of sulfonamides is 1. The molecule has 2 N–H and O–H groups in total. The Bertz CT molecular complexity index is 866. The van der Waals surface area contributed by atoms with Crippen LogP contribution in [0.2, 0.25) is 5.02 Å². The van der Waals surface area contributed by atoms with Crippen molar-refractivity contribution in [1.82, 2.24) is 10.0 Å². The zero-order valence-electron chi connectivity index (χ0n) is 12.9. The van der Waals surface area contributed by atoms with Gasteiger partial charge in [-0.05, 0) is 48.4 Å². The Morgan fingerprint density at radius 2 is 1.60 bits per heavy atom. The lowest BCUT2D eigenvalue weighted by Gasteiger charge is -2.07. The van der Waals surface area contributed by atoms with Crippen LogP contribution in [-0.4, -0.2) is 26.1 Å². The Morgan fingerprint density at radius 3 is 2.16 bits per heavy atom. The van der Waals surface area contributed by atoms with Gasteiger partial charge in [-0.15, -0.1) is 0 Å². The van der Waals surface area contributed by atoms with E-state index in [1.807, 2.05) is 0 Å². The summed E-state index contributed by atoms with van der Waals surface area (Å²) in [7, 11) is -3.91. The van der Waals surface area contributed by atoms with Crippen molar-refractivity contribution in [2.45, 2.75) is 11.3 Å². The molecule has 25 heavy (non-hydrogen) atoms. The first-order chi connectivity index (χ1) is 11.8. The second kappa shape index (κ2) is 8.37. The van der Waals surface area contributed by atoms with Crippen LogP contribution in [0.4, 0.5) is 4.79 Å². The molecule has 9 heteroatoms. The Hall–Kier alpha value is -2.03. The molecule has 0 aliphatic carbocycles. The van der Waals surface area contributed by atoms with Gasteiger partial charge in [-0.2, -0.15) is 0 Å². The molecule has 0 saturated carbocycles. The Kier molecular flexibility index (Phi) is 6.46. The maximum atomic E-state index is 12.0. The standard InChI is InChI=1S/C16H15ClN2O4S2/c17-13-5-3-12(4-6-13)15(20)18-10-9-11-1-7-14(8-2-11)25(22,23)19-16(21)24/h1-8H,9-10H2,(H,18,20)(H2,19,21,24). The monoisotopic (exact) mass is 398 g/mol. The molecule has 2 amide bonds. The second-order valence-electron chi connectivity index (χ2n) is 5.07. The molecule has 0 aliphatic heterocycles. The van der Waals surface area contributed by atoms with Gasteiger partial charge in [-0.3, -0.25) is 9.59 Å². The number of nitrogens with one attached hydrogen (secondary N) is 2. The van der Waals surface area contributed by atoms with Gasteiger partial charge in [0.2, 0.25) is 0 Å². The Morgan fingerprint density at radius 1 is 1.00 bits per heavy atom. The van der Waals surface area contributed by atoms with E-state index in [0.717, 1.165) is 5.56 Å². The fourth-order valence-electron chi connectivity index (χ4n) is 2.03. The van der Waals surface area contributed by atoms with Gasteiger partial charge < -0.3 is 5.32 Å². The molecule has 2 aromatic carbocycles. The molecule has 0 heterocycles. The van der Waals surface area contributed by atoms with Crippen LogP contribution >= 0.6 is 24.2 Å². The first-order valence-corrected chi connectivity index (χ1v) is 9.47. The van der Waals surface area contributed by atoms with E-state index in [2.05, 4.69) is 17.9 Å². The van der Waals surface area contributed by atoms with E-state index in [1.165, 1.54) is 12.1 Å². The number of hydrogen-bond acceptors (Lipinski definition) is 4. The summed E-state index contributed by atoms with van der Waals surface area (Å²) >= 11 is 9.16. The van der Waals surface area contributed by atoms with Gasteiger partial charge in [0.15, 0.2) is 0 Å². The van der Waals surface area contributed by atoms with Gasteiger partial charge in [0.1, 0.15) is 0 Å². The van der Waals surface area contributed by atoms with Crippen LogP contribution in [0.15, 0.2) is 53.4 Å². The summed E-state index contributed by atoms with van der Waals surface area (Å²) in [6.07, 6.45) is 0.526. The molecule has 0 unspecified atom stereocenters. The molecule has 0 aromatic heterocycles. The largest absolute Gasteiger partial charge is 0.352 e. The summed E-state index contributed by atoms with van der Waals surface area (Å²) < 4.78 is 25.3. The van der Waals surface area contributed by atoms with Gasteiger partial charge in [0.25, 0.3) is 21.2 Å². The Labute approximate surface area is 156 Å². The SMILES string of the molecule is O=C(S)NS(=O)(=O)c1ccc(CCNC(=O)c2ccc(Cl)cc2)cc1. The molecule has 0 spiro atoms. The minimum Gasteiger partial charge on any atom is -0.352 e. The average Bonchev–Trinajstić information content (AvgIpc) is 2.54. The lowest BCUT2D eigenvalue weighted by Crippen LogP contribution is -2.26. The van der Waals surface area contributed by atoms with Gasteiger partial charge in [0, 0.05) is 17.1 Å². The molecule has 6 nitrogen and oxygen atoms in total. The van der Waals surface area contributed by atoms with Crippen molar-refractivity contribution < 1.29 is 18.0 Å². The molecule has 132 valence electrons. The fourth-order valence-corrected chi connectivity index (χ4v) is 3.36. The number of thiol groups is 1. The van der Waals surface area contributed by atoms with Crippen molar-refractivity contribution in [3.05, 3.63) is 64.7 Å². The van der Waals surface area contributed by atoms with Crippen molar-refractivity contribution in [3.8, 4) is 0 Å². The zero-order valence-corrected chi connectivity index (χ0v) is 15.4. The van der Waals surface area contributed by atoms with E-state index < -0.39 is 15.3 Å². The summed E-state index contributed by atoms with van der Waals surface area (Å²) in [6.45, 7) is 0.390. The third kappa shape index (κ3) is 5.77. The molecule has 0 saturated heterocycles. The average molecular weight is 399 g/mol. The van der Waals surface area contributed by atoms with E-state index >= 15 is 0 Å². The number of carbonyl (C=O) groups excluding carboxylic acids is 2. The molecule has 0 aliphatic rings. The quantitative estimate of drug-likeness (QED) is 0.652. The lowest BCUT2D eigenvalue weighted by atomic mass is 10.1. The summed E-state index contributed by atoms with van der Waals surface area (Å²) in [5.41, 5.74) is 1.35. The highest BCUT2D eigenvalue weighted by Crippen LogP contribution is 2.12. The third-order valence-corrected chi connectivity index (χ3v) is 5.12. The zero-order chi connectivity index (χ0) is 18.4. The van der Waals surface area contributed by atoms with Gasteiger partial charge in [-0.1, -0.05) is 36.4 Å². The highest BCUT2D eigenvalue weighted by Gasteiger charge is 2.15. The summed E-state index contributed by atoms with van der Waals surface area (Å²) in [6, 6.07) is 12.5. The van der Waals surface area contributed by atoms with Crippen LogP contribution in [0.5, 0.6) is 0 Å². The van der Waals surface area contributed by atoms with Gasteiger partial charge >= 0.3 is 0 Å². The van der Waals surface area contributed by atoms with E-state index in [-0.39, 0.29) is 10.8 Å². The number of carbonyl (C=O) groups is 2. The number of hydrogen-bond donors (Lipinski definition) is 3. The van der Waals surface area contributed by atoms with Crippen molar-refractivity contribution in [1.29, 1.82) is 0 Å². The molecule has 0 radical (unpaired) electrons. The van der Waals surface area contributed by atoms with Crippen molar-refractivity contribution in [3.63, 3.8) is 0 Å². The smallest absolute Gasteiger partial charge is 0.289 e. The van der Waals surface area contributed by atoms with Crippen LogP contribution < -0.4 is 10.0 Å². The first kappa shape index (κ1) is 19.3. The van der Waals surface area contributed by atoms with Crippen LogP contribution in [0.25, 0.3) is 0 Å². The molecular weight excluding hydrogens is 384 g/mol. The van der Waals surface area contributed by atoms with Crippen LogP contribution in [-0.2, 0) is 16.4 Å². The van der Waals surface area contributed by atoms with Crippen molar-refractivity contribution in [2.24, 2.45) is 0 Å². The lowest BCUT2D eigenvalue weighted by molar-refractivity contribution is 0.0954. The number of halogens is 1. The van der Waals surface area contributed by atoms with Crippen molar-refractivity contribution >= 4 is 45.4 Å².